The summed E-state index contributed by atoms with van der Waals surface area (Å²) in [5, 5.41) is 14.7. The van der Waals surface area contributed by atoms with E-state index >= 15 is 0 Å². The third-order valence-electron chi connectivity index (χ3n) is 1.98. The van der Waals surface area contributed by atoms with E-state index in [1.165, 1.54) is 0 Å². The van der Waals surface area contributed by atoms with Crippen LogP contribution in [0.3, 0.4) is 0 Å². The van der Waals surface area contributed by atoms with Gasteiger partial charge in [-0.05, 0) is 33.1 Å². The van der Waals surface area contributed by atoms with Gasteiger partial charge < -0.3 is 15.7 Å². The molecule has 3 N–H and O–H groups in total. The van der Waals surface area contributed by atoms with Crippen LogP contribution >= 0.6 is 0 Å². The molecule has 4 nitrogen and oxygen atoms in total. The average Bonchev–Trinajstić information content (AvgIpc) is 2.67. The largest absolute Gasteiger partial charge is 0.393 e. The summed E-state index contributed by atoms with van der Waals surface area (Å²) >= 11 is 0. The van der Waals surface area contributed by atoms with E-state index in [0.29, 0.717) is 12.5 Å². The molecular weight excluding hydrogens is 168 g/mol. The maximum absolute atomic E-state index is 11.2. The van der Waals surface area contributed by atoms with Gasteiger partial charge >= 0.3 is 6.03 Å². The first kappa shape index (κ1) is 10.3. The summed E-state index contributed by atoms with van der Waals surface area (Å²) in [6, 6.07) is 0.299. The van der Waals surface area contributed by atoms with Gasteiger partial charge in [-0.3, -0.25) is 0 Å². The summed E-state index contributed by atoms with van der Waals surface area (Å²) < 4.78 is 0. The smallest absolute Gasteiger partial charge is 0.315 e. The van der Waals surface area contributed by atoms with Crippen molar-refractivity contribution in [3.05, 3.63) is 0 Å². The van der Waals surface area contributed by atoms with E-state index in [0.717, 1.165) is 12.8 Å². The van der Waals surface area contributed by atoms with Gasteiger partial charge in [0.2, 0.25) is 0 Å². The molecule has 1 aliphatic carbocycles. The Bertz CT molecular complexity index is 178. The first-order chi connectivity index (χ1) is 6.08. The summed E-state index contributed by atoms with van der Waals surface area (Å²) in [5.74, 6) is 0. The molecule has 2 atom stereocenters. The minimum absolute atomic E-state index is 0.0266. The number of nitrogens with one attached hydrogen (secondary N) is 2. The molecular formula is C9H18N2O2. The van der Waals surface area contributed by atoms with Gasteiger partial charge in [-0.2, -0.15) is 0 Å². The average molecular weight is 186 g/mol. The third-order valence-corrected chi connectivity index (χ3v) is 1.98. The van der Waals surface area contributed by atoms with Gasteiger partial charge in [0.1, 0.15) is 0 Å². The summed E-state index contributed by atoms with van der Waals surface area (Å²) in [6.07, 6.45) is 2.42. The Morgan fingerprint density at radius 1 is 1.54 bits per heavy atom. The number of aliphatic hydroxyl groups excluding tert-OH is 1. The fourth-order valence-electron chi connectivity index (χ4n) is 1.25. The molecule has 0 aromatic heterocycles. The molecule has 13 heavy (non-hydrogen) atoms. The Morgan fingerprint density at radius 2 is 2.15 bits per heavy atom. The van der Waals surface area contributed by atoms with Gasteiger partial charge in [0.25, 0.3) is 0 Å². The molecule has 0 bridgehead atoms. The standard InChI is InChI=1S/C9H18N2O2/c1-6(5-7(2)12)10-9(13)11-8-3-4-8/h6-8,12H,3-5H2,1-2H3,(H2,10,11,13). The number of aliphatic hydroxyl groups is 1. The van der Waals surface area contributed by atoms with Crippen molar-refractivity contribution in [1.29, 1.82) is 0 Å². The predicted octanol–water partition coefficient (Wildman–Crippen LogP) is 0.607. The van der Waals surface area contributed by atoms with Gasteiger partial charge in [-0.25, -0.2) is 4.79 Å². The van der Waals surface area contributed by atoms with Gasteiger partial charge in [-0.1, -0.05) is 0 Å². The van der Waals surface area contributed by atoms with Crippen LogP contribution < -0.4 is 10.6 Å². The van der Waals surface area contributed by atoms with E-state index in [4.69, 9.17) is 5.11 Å². The SMILES string of the molecule is CC(O)CC(C)NC(=O)NC1CC1. The van der Waals surface area contributed by atoms with Crippen molar-refractivity contribution in [3.63, 3.8) is 0 Å². The zero-order chi connectivity index (χ0) is 9.84. The van der Waals surface area contributed by atoms with E-state index < -0.39 is 0 Å². The van der Waals surface area contributed by atoms with Crippen LogP contribution in [-0.2, 0) is 0 Å². The van der Waals surface area contributed by atoms with Crippen LogP contribution in [0.5, 0.6) is 0 Å². The molecule has 1 saturated carbocycles. The summed E-state index contributed by atoms with van der Waals surface area (Å²) in [5.41, 5.74) is 0. The highest BCUT2D eigenvalue weighted by Crippen LogP contribution is 2.18. The lowest BCUT2D eigenvalue weighted by atomic mass is 10.2. The van der Waals surface area contributed by atoms with E-state index in [1.807, 2.05) is 6.92 Å². The summed E-state index contributed by atoms with van der Waals surface area (Å²) in [7, 11) is 0. The van der Waals surface area contributed by atoms with Crippen LogP contribution in [0.4, 0.5) is 4.79 Å². The van der Waals surface area contributed by atoms with Crippen molar-refractivity contribution < 1.29 is 9.90 Å². The maximum atomic E-state index is 11.2. The molecule has 0 aliphatic heterocycles. The number of carbonyl (C=O) groups excluding carboxylic acids is 1. The lowest BCUT2D eigenvalue weighted by molar-refractivity contribution is 0.170. The molecule has 0 heterocycles. The van der Waals surface area contributed by atoms with Gasteiger partial charge in [0.15, 0.2) is 0 Å². The molecule has 1 aliphatic rings. The topological polar surface area (TPSA) is 61.4 Å². The molecule has 0 aromatic carbocycles. The fraction of sp³-hybridized carbons (Fsp3) is 0.889. The zero-order valence-electron chi connectivity index (χ0n) is 8.21. The first-order valence-corrected chi connectivity index (χ1v) is 4.83. The van der Waals surface area contributed by atoms with Crippen LogP contribution in [0, 0.1) is 0 Å². The summed E-state index contributed by atoms with van der Waals surface area (Å²) in [6.45, 7) is 3.61. The Balaban J connectivity index is 2.10. The van der Waals surface area contributed by atoms with Crippen molar-refractivity contribution in [1.82, 2.24) is 10.6 Å². The number of hydrogen-bond donors (Lipinski definition) is 3. The van der Waals surface area contributed by atoms with Crippen LogP contribution in [0.1, 0.15) is 33.1 Å². The minimum Gasteiger partial charge on any atom is -0.393 e. The number of amides is 2. The highest BCUT2D eigenvalue weighted by atomic mass is 16.3. The Labute approximate surface area is 78.7 Å². The van der Waals surface area contributed by atoms with E-state index in [-0.39, 0.29) is 18.2 Å². The molecule has 1 rings (SSSR count). The van der Waals surface area contributed by atoms with E-state index in [9.17, 15) is 4.79 Å². The van der Waals surface area contributed by atoms with E-state index in [2.05, 4.69) is 10.6 Å². The Morgan fingerprint density at radius 3 is 2.62 bits per heavy atom. The molecule has 0 radical (unpaired) electrons. The molecule has 2 unspecified atom stereocenters. The molecule has 76 valence electrons. The maximum Gasteiger partial charge on any atom is 0.315 e. The third kappa shape index (κ3) is 4.72. The number of hydrogen-bond acceptors (Lipinski definition) is 2. The second-order valence-corrected chi connectivity index (χ2v) is 3.88. The highest BCUT2D eigenvalue weighted by Gasteiger charge is 2.23. The van der Waals surface area contributed by atoms with Gasteiger partial charge in [-0.15, -0.1) is 0 Å². The number of carbonyl (C=O) groups is 1. The summed E-state index contributed by atoms with van der Waals surface area (Å²) in [4.78, 5) is 11.2. The van der Waals surface area contributed by atoms with Crippen LogP contribution in [0.25, 0.3) is 0 Å². The molecule has 0 aromatic rings. The minimum atomic E-state index is -0.365. The van der Waals surface area contributed by atoms with Gasteiger partial charge in [0.05, 0.1) is 6.10 Å². The second kappa shape index (κ2) is 4.46. The van der Waals surface area contributed by atoms with Gasteiger partial charge in [0, 0.05) is 12.1 Å². The number of rotatable bonds is 4. The lowest BCUT2D eigenvalue weighted by Crippen LogP contribution is -2.42. The van der Waals surface area contributed by atoms with E-state index in [1.54, 1.807) is 6.92 Å². The Kier molecular flexibility index (Phi) is 3.54. The quantitative estimate of drug-likeness (QED) is 0.602. The second-order valence-electron chi connectivity index (χ2n) is 3.88. The fourth-order valence-corrected chi connectivity index (χ4v) is 1.25. The zero-order valence-corrected chi connectivity index (χ0v) is 8.21. The molecule has 2 amide bonds. The predicted molar refractivity (Wildman–Crippen MR) is 50.4 cm³/mol. The number of urea groups is 1. The normalized spacial score (nSPS) is 20.5. The first-order valence-electron chi connectivity index (χ1n) is 4.83. The monoisotopic (exact) mass is 186 g/mol. The van der Waals surface area contributed by atoms with Crippen molar-refractivity contribution in [2.75, 3.05) is 0 Å². The van der Waals surface area contributed by atoms with Crippen LogP contribution in [0.2, 0.25) is 0 Å². The molecule has 0 saturated heterocycles. The molecule has 0 spiro atoms. The van der Waals surface area contributed by atoms with Crippen LogP contribution in [-0.4, -0.2) is 29.3 Å². The lowest BCUT2D eigenvalue weighted by Gasteiger charge is -2.15. The van der Waals surface area contributed by atoms with Crippen molar-refractivity contribution in [2.45, 2.75) is 51.3 Å². The van der Waals surface area contributed by atoms with Crippen molar-refractivity contribution in [2.24, 2.45) is 0 Å². The van der Waals surface area contributed by atoms with Crippen LogP contribution in [0.15, 0.2) is 0 Å². The van der Waals surface area contributed by atoms with Crippen molar-refractivity contribution >= 4 is 6.03 Å². The molecule has 4 heteroatoms. The highest BCUT2D eigenvalue weighted by molar-refractivity contribution is 5.74. The van der Waals surface area contributed by atoms with Crippen molar-refractivity contribution in [3.8, 4) is 0 Å². The molecule has 1 fully saturated rings. The Hall–Kier alpha value is -0.770.